The number of hydrogen-bond donors (Lipinski definition) is 0. The van der Waals surface area contributed by atoms with Gasteiger partial charge in [-0.2, -0.15) is 5.10 Å². The maximum atomic E-state index is 5.95. The van der Waals surface area contributed by atoms with Crippen LogP contribution in [0.15, 0.2) is 28.9 Å². The largest absolute Gasteiger partial charge is 0.267 e. The molecule has 0 unspecified atom stereocenters. The van der Waals surface area contributed by atoms with Crippen LogP contribution < -0.4 is 0 Å². The van der Waals surface area contributed by atoms with E-state index < -0.39 is 0 Å². The van der Waals surface area contributed by atoms with Gasteiger partial charge in [0.25, 0.3) is 0 Å². The summed E-state index contributed by atoms with van der Waals surface area (Å²) in [6.45, 7) is 0. The van der Waals surface area contributed by atoms with Crippen LogP contribution in [0.2, 0.25) is 10.0 Å². The second-order valence-corrected chi connectivity index (χ2v) is 4.73. The minimum Gasteiger partial charge on any atom is -0.267 e. The molecule has 0 radical (unpaired) electrons. The first kappa shape index (κ1) is 11.0. The van der Waals surface area contributed by atoms with Gasteiger partial charge in [0, 0.05) is 12.6 Å². The molecule has 2 aromatic rings. The number of aromatic nitrogens is 2. The third-order valence-corrected chi connectivity index (χ3v) is 3.19. The van der Waals surface area contributed by atoms with E-state index in [0.29, 0.717) is 10.0 Å². The van der Waals surface area contributed by atoms with E-state index in [9.17, 15) is 0 Å². The second kappa shape index (κ2) is 4.16. The number of hydrogen-bond acceptors (Lipinski definition) is 1. The topological polar surface area (TPSA) is 17.8 Å². The minimum atomic E-state index is 0.548. The minimum absolute atomic E-state index is 0.548. The Hall–Kier alpha value is -0.510. The van der Waals surface area contributed by atoms with Gasteiger partial charge in [-0.1, -0.05) is 29.3 Å². The van der Waals surface area contributed by atoms with Crippen LogP contribution in [0.25, 0.3) is 11.3 Å². The van der Waals surface area contributed by atoms with Crippen LogP contribution in [0.4, 0.5) is 0 Å². The lowest BCUT2D eigenvalue weighted by Gasteiger charge is -2.03. The molecule has 5 heteroatoms. The van der Waals surface area contributed by atoms with Crippen LogP contribution in [0.3, 0.4) is 0 Å². The fraction of sp³-hybridized carbons (Fsp3) is 0.100. The summed E-state index contributed by atoms with van der Waals surface area (Å²) in [6, 6.07) is 7.45. The number of aryl methyl sites for hydroxylation is 1. The van der Waals surface area contributed by atoms with Crippen molar-refractivity contribution in [3.8, 4) is 11.3 Å². The van der Waals surface area contributed by atoms with Gasteiger partial charge in [0.1, 0.15) is 4.60 Å². The predicted molar refractivity (Wildman–Crippen MR) is 66.4 cm³/mol. The van der Waals surface area contributed by atoms with E-state index in [1.54, 1.807) is 10.7 Å². The van der Waals surface area contributed by atoms with Crippen molar-refractivity contribution in [1.29, 1.82) is 0 Å². The summed E-state index contributed by atoms with van der Waals surface area (Å²) < 4.78 is 2.58. The summed E-state index contributed by atoms with van der Waals surface area (Å²) in [4.78, 5) is 0. The Kier molecular flexibility index (Phi) is 3.05. The lowest BCUT2D eigenvalue weighted by molar-refractivity contribution is 0.768. The summed E-state index contributed by atoms with van der Waals surface area (Å²) >= 11 is 15.1. The molecule has 0 N–H and O–H groups in total. The van der Waals surface area contributed by atoms with Crippen molar-refractivity contribution in [2.45, 2.75) is 0 Å². The maximum Gasteiger partial charge on any atom is 0.128 e. The van der Waals surface area contributed by atoms with E-state index in [1.165, 1.54) is 0 Å². The van der Waals surface area contributed by atoms with E-state index in [4.69, 9.17) is 23.2 Å². The molecule has 1 aromatic heterocycles. The molecule has 0 fully saturated rings. The third-order valence-electron chi connectivity index (χ3n) is 2.07. The van der Waals surface area contributed by atoms with Crippen molar-refractivity contribution >= 4 is 39.1 Å². The SMILES string of the molecule is Cn1nc(Br)cc1-c1ccc(Cl)c(Cl)c1. The molecule has 1 aromatic carbocycles. The van der Waals surface area contributed by atoms with Gasteiger partial charge < -0.3 is 0 Å². The molecule has 0 saturated carbocycles. The predicted octanol–water partition coefficient (Wildman–Crippen LogP) is 4.16. The van der Waals surface area contributed by atoms with Crippen LogP contribution in [-0.4, -0.2) is 9.78 Å². The Morgan fingerprint density at radius 2 is 1.93 bits per heavy atom. The van der Waals surface area contributed by atoms with E-state index in [-0.39, 0.29) is 0 Å². The van der Waals surface area contributed by atoms with Crippen molar-refractivity contribution in [2.75, 3.05) is 0 Å². The van der Waals surface area contributed by atoms with E-state index >= 15 is 0 Å². The van der Waals surface area contributed by atoms with E-state index in [2.05, 4.69) is 21.0 Å². The normalized spacial score (nSPS) is 10.7. The quantitative estimate of drug-likeness (QED) is 0.773. The summed E-state index contributed by atoms with van der Waals surface area (Å²) in [7, 11) is 1.88. The van der Waals surface area contributed by atoms with Gasteiger partial charge in [-0.15, -0.1) is 0 Å². The van der Waals surface area contributed by atoms with E-state index in [0.717, 1.165) is 15.9 Å². The van der Waals surface area contributed by atoms with Gasteiger partial charge in [0.15, 0.2) is 0 Å². The highest BCUT2D eigenvalue weighted by Crippen LogP contribution is 2.29. The molecule has 0 aliphatic heterocycles. The molecule has 2 rings (SSSR count). The van der Waals surface area contributed by atoms with Gasteiger partial charge in [0.05, 0.1) is 15.7 Å². The number of benzene rings is 1. The van der Waals surface area contributed by atoms with E-state index in [1.807, 2.05) is 25.2 Å². The Morgan fingerprint density at radius 1 is 1.20 bits per heavy atom. The lowest BCUT2D eigenvalue weighted by Crippen LogP contribution is -1.93. The second-order valence-electron chi connectivity index (χ2n) is 3.10. The highest BCUT2D eigenvalue weighted by atomic mass is 79.9. The summed E-state index contributed by atoms with van der Waals surface area (Å²) in [6.07, 6.45) is 0. The molecule has 0 aliphatic carbocycles. The van der Waals surface area contributed by atoms with Crippen molar-refractivity contribution in [3.05, 3.63) is 38.9 Å². The number of halogens is 3. The molecule has 78 valence electrons. The summed E-state index contributed by atoms with van der Waals surface area (Å²) in [5.41, 5.74) is 1.98. The van der Waals surface area contributed by atoms with Crippen LogP contribution >= 0.6 is 39.1 Å². The Bertz CT molecular complexity index is 508. The number of nitrogens with zero attached hydrogens (tertiary/aromatic N) is 2. The molecular formula is C10H7BrCl2N2. The first-order valence-corrected chi connectivity index (χ1v) is 5.78. The van der Waals surface area contributed by atoms with Gasteiger partial charge in [-0.05, 0) is 34.1 Å². The molecule has 0 spiro atoms. The van der Waals surface area contributed by atoms with Crippen molar-refractivity contribution < 1.29 is 0 Å². The molecular weight excluding hydrogens is 299 g/mol. The van der Waals surface area contributed by atoms with Gasteiger partial charge >= 0.3 is 0 Å². The molecule has 15 heavy (non-hydrogen) atoms. The molecule has 0 saturated heterocycles. The zero-order chi connectivity index (χ0) is 11.0. The van der Waals surface area contributed by atoms with Crippen LogP contribution in [0.1, 0.15) is 0 Å². The first-order valence-electron chi connectivity index (χ1n) is 4.23. The maximum absolute atomic E-state index is 5.95. The molecule has 0 atom stereocenters. The lowest BCUT2D eigenvalue weighted by atomic mass is 10.1. The third kappa shape index (κ3) is 2.19. The standard InChI is InChI=1S/C10H7BrCl2N2/c1-15-9(5-10(11)14-15)6-2-3-7(12)8(13)4-6/h2-5H,1H3. The molecule has 0 aliphatic rings. The van der Waals surface area contributed by atoms with Gasteiger partial charge in [0.2, 0.25) is 0 Å². The van der Waals surface area contributed by atoms with Crippen LogP contribution in [0.5, 0.6) is 0 Å². The first-order chi connectivity index (χ1) is 7.08. The smallest absolute Gasteiger partial charge is 0.128 e. The van der Waals surface area contributed by atoms with Crippen molar-refractivity contribution in [3.63, 3.8) is 0 Å². The van der Waals surface area contributed by atoms with Gasteiger partial charge in [-0.25, -0.2) is 0 Å². The molecule has 1 heterocycles. The molecule has 2 nitrogen and oxygen atoms in total. The van der Waals surface area contributed by atoms with Crippen molar-refractivity contribution in [1.82, 2.24) is 9.78 Å². The fourth-order valence-electron chi connectivity index (χ4n) is 1.36. The number of rotatable bonds is 1. The van der Waals surface area contributed by atoms with Gasteiger partial charge in [-0.3, -0.25) is 4.68 Å². The summed E-state index contributed by atoms with van der Waals surface area (Å²) in [5, 5.41) is 5.30. The highest BCUT2D eigenvalue weighted by molar-refractivity contribution is 9.10. The molecule has 0 bridgehead atoms. The van der Waals surface area contributed by atoms with Crippen LogP contribution in [-0.2, 0) is 7.05 Å². The monoisotopic (exact) mass is 304 g/mol. The average Bonchev–Trinajstić information content (AvgIpc) is 2.50. The highest BCUT2D eigenvalue weighted by Gasteiger charge is 2.07. The Morgan fingerprint density at radius 3 is 2.47 bits per heavy atom. The van der Waals surface area contributed by atoms with Crippen molar-refractivity contribution in [2.24, 2.45) is 7.05 Å². The Labute approximate surface area is 106 Å². The molecule has 0 amide bonds. The van der Waals surface area contributed by atoms with Crippen LogP contribution in [0, 0.1) is 0 Å². The summed E-state index contributed by atoms with van der Waals surface area (Å²) in [5.74, 6) is 0. The Balaban J connectivity index is 2.54. The zero-order valence-corrected chi connectivity index (χ0v) is 10.9. The zero-order valence-electron chi connectivity index (χ0n) is 7.84. The average molecular weight is 306 g/mol. The fourth-order valence-corrected chi connectivity index (χ4v) is 2.11.